The Balaban J connectivity index is 2.31. The summed E-state index contributed by atoms with van der Waals surface area (Å²) in [6.45, 7) is 1.97. The number of aromatic nitrogens is 2. The topological polar surface area (TPSA) is 53.1 Å². The van der Waals surface area contributed by atoms with Crippen molar-refractivity contribution in [3.63, 3.8) is 0 Å². The van der Waals surface area contributed by atoms with Crippen LogP contribution in [0.1, 0.15) is 5.82 Å². The first-order chi connectivity index (χ1) is 9.60. The van der Waals surface area contributed by atoms with Gasteiger partial charge in [0.15, 0.2) is 0 Å². The Morgan fingerprint density at radius 2 is 2.00 bits per heavy atom. The van der Waals surface area contributed by atoms with Gasteiger partial charge in [0.05, 0.1) is 23.8 Å². The first kappa shape index (κ1) is 13.0. The second-order valence-electron chi connectivity index (χ2n) is 4.56. The van der Waals surface area contributed by atoms with E-state index in [1.165, 1.54) is 0 Å². The second kappa shape index (κ2) is 4.83. The molecule has 20 heavy (non-hydrogen) atoms. The van der Waals surface area contributed by atoms with Gasteiger partial charge in [0.25, 0.3) is 0 Å². The van der Waals surface area contributed by atoms with E-state index in [1.807, 2.05) is 43.3 Å². The van der Waals surface area contributed by atoms with Gasteiger partial charge in [-0.3, -0.25) is 4.57 Å². The molecule has 0 atom stereocenters. The van der Waals surface area contributed by atoms with E-state index in [-0.39, 0.29) is 0 Å². The van der Waals surface area contributed by atoms with Crippen molar-refractivity contribution in [1.82, 2.24) is 9.55 Å². The Morgan fingerprint density at radius 3 is 2.75 bits per heavy atom. The fourth-order valence-corrected chi connectivity index (χ4v) is 2.74. The molecule has 4 nitrogen and oxygen atoms in total. The summed E-state index contributed by atoms with van der Waals surface area (Å²) in [5, 5.41) is 0. The Labute approximate surface area is 125 Å². The van der Waals surface area contributed by atoms with Gasteiger partial charge in [-0.25, -0.2) is 4.98 Å². The lowest BCUT2D eigenvalue weighted by Gasteiger charge is -2.11. The van der Waals surface area contributed by atoms with E-state index in [4.69, 9.17) is 10.5 Å². The summed E-state index contributed by atoms with van der Waals surface area (Å²) in [6, 6.07) is 11.6. The molecule has 5 heteroatoms. The minimum Gasteiger partial charge on any atom is -0.497 e. The number of halogens is 1. The Morgan fingerprint density at radius 1 is 1.20 bits per heavy atom. The molecule has 0 fully saturated rings. The minimum atomic E-state index is 0.715. The van der Waals surface area contributed by atoms with Gasteiger partial charge in [0, 0.05) is 16.2 Å². The van der Waals surface area contributed by atoms with Crippen LogP contribution in [0.4, 0.5) is 5.69 Å². The van der Waals surface area contributed by atoms with Gasteiger partial charge in [0.2, 0.25) is 0 Å². The van der Waals surface area contributed by atoms with Crippen LogP contribution in [-0.2, 0) is 0 Å². The highest BCUT2D eigenvalue weighted by Crippen LogP contribution is 2.30. The van der Waals surface area contributed by atoms with Gasteiger partial charge in [-0.1, -0.05) is 0 Å². The number of nitrogens with zero attached hydrogens (tertiary/aromatic N) is 2. The molecule has 2 N–H and O–H groups in total. The largest absolute Gasteiger partial charge is 0.497 e. The molecule has 0 aliphatic carbocycles. The molecule has 0 bridgehead atoms. The van der Waals surface area contributed by atoms with Crippen LogP contribution in [0, 0.1) is 6.92 Å². The smallest absolute Gasteiger partial charge is 0.121 e. The van der Waals surface area contributed by atoms with E-state index in [9.17, 15) is 0 Å². The van der Waals surface area contributed by atoms with Crippen molar-refractivity contribution >= 4 is 32.7 Å². The number of nitrogen functional groups attached to an aromatic ring is 1. The van der Waals surface area contributed by atoms with Crippen LogP contribution in [0.15, 0.2) is 40.9 Å². The van der Waals surface area contributed by atoms with Crippen molar-refractivity contribution in [2.45, 2.75) is 6.92 Å². The van der Waals surface area contributed by atoms with Crippen LogP contribution in [-0.4, -0.2) is 16.7 Å². The highest BCUT2D eigenvalue weighted by Gasteiger charge is 2.12. The third-order valence-corrected chi connectivity index (χ3v) is 3.91. The number of fused-ring (bicyclic) bond motifs is 1. The van der Waals surface area contributed by atoms with Crippen LogP contribution >= 0.6 is 15.9 Å². The molecule has 102 valence electrons. The SMILES string of the molecule is COc1ccc(Br)c(-n2c(C)nc3cc(N)ccc32)c1. The number of ether oxygens (including phenoxy) is 1. The number of anilines is 1. The van der Waals surface area contributed by atoms with E-state index < -0.39 is 0 Å². The first-order valence-electron chi connectivity index (χ1n) is 6.18. The van der Waals surface area contributed by atoms with E-state index in [0.717, 1.165) is 32.8 Å². The lowest BCUT2D eigenvalue weighted by molar-refractivity contribution is 0.414. The number of rotatable bonds is 2. The number of hydrogen-bond donors (Lipinski definition) is 1. The monoisotopic (exact) mass is 331 g/mol. The average Bonchev–Trinajstić information content (AvgIpc) is 2.74. The maximum absolute atomic E-state index is 5.82. The zero-order valence-electron chi connectivity index (χ0n) is 11.2. The molecule has 3 rings (SSSR count). The van der Waals surface area contributed by atoms with Crippen LogP contribution in [0.25, 0.3) is 16.7 Å². The molecule has 2 aromatic carbocycles. The number of imidazole rings is 1. The molecule has 1 heterocycles. The number of methoxy groups -OCH3 is 1. The fraction of sp³-hybridized carbons (Fsp3) is 0.133. The number of hydrogen-bond acceptors (Lipinski definition) is 3. The second-order valence-corrected chi connectivity index (χ2v) is 5.41. The third-order valence-electron chi connectivity index (χ3n) is 3.24. The lowest BCUT2D eigenvalue weighted by atomic mass is 10.2. The van der Waals surface area contributed by atoms with Crippen LogP contribution in [0.2, 0.25) is 0 Å². The minimum absolute atomic E-state index is 0.715. The summed E-state index contributed by atoms with van der Waals surface area (Å²) in [5.41, 5.74) is 9.43. The van der Waals surface area contributed by atoms with Crippen LogP contribution in [0.3, 0.4) is 0 Å². The maximum atomic E-state index is 5.82. The molecular weight excluding hydrogens is 318 g/mol. The van der Waals surface area contributed by atoms with Crippen molar-refractivity contribution in [1.29, 1.82) is 0 Å². The summed E-state index contributed by atoms with van der Waals surface area (Å²) < 4.78 is 8.37. The predicted octanol–water partition coefficient (Wildman–Crippen LogP) is 3.69. The quantitative estimate of drug-likeness (QED) is 0.728. The Kier molecular flexibility index (Phi) is 3.14. The zero-order chi connectivity index (χ0) is 14.3. The van der Waals surface area contributed by atoms with Crippen molar-refractivity contribution in [2.24, 2.45) is 0 Å². The standard InChI is InChI=1S/C15H14BrN3O/c1-9-18-13-7-10(17)3-6-14(13)19(9)15-8-11(20-2)4-5-12(15)16/h3-8H,17H2,1-2H3. The van der Waals surface area contributed by atoms with E-state index in [2.05, 4.69) is 25.5 Å². The molecule has 0 aliphatic rings. The van der Waals surface area contributed by atoms with Gasteiger partial charge in [-0.15, -0.1) is 0 Å². The van der Waals surface area contributed by atoms with Crippen molar-refractivity contribution in [3.8, 4) is 11.4 Å². The van der Waals surface area contributed by atoms with Crippen molar-refractivity contribution in [2.75, 3.05) is 12.8 Å². The van der Waals surface area contributed by atoms with E-state index >= 15 is 0 Å². The van der Waals surface area contributed by atoms with Gasteiger partial charge in [0.1, 0.15) is 11.6 Å². The molecule has 0 spiro atoms. The molecule has 0 unspecified atom stereocenters. The van der Waals surface area contributed by atoms with Gasteiger partial charge in [-0.05, 0) is 53.2 Å². The summed E-state index contributed by atoms with van der Waals surface area (Å²) >= 11 is 3.59. The third kappa shape index (κ3) is 2.04. The van der Waals surface area contributed by atoms with Gasteiger partial charge < -0.3 is 10.5 Å². The number of nitrogens with two attached hydrogens (primary N) is 1. The molecule has 0 saturated carbocycles. The zero-order valence-corrected chi connectivity index (χ0v) is 12.8. The van der Waals surface area contributed by atoms with Crippen molar-refractivity contribution < 1.29 is 4.74 Å². The maximum Gasteiger partial charge on any atom is 0.121 e. The van der Waals surface area contributed by atoms with Crippen molar-refractivity contribution in [3.05, 3.63) is 46.7 Å². The Hall–Kier alpha value is -2.01. The summed E-state index contributed by atoms with van der Waals surface area (Å²) in [6.07, 6.45) is 0. The molecular formula is C15H14BrN3O. The molecule has 0 amide bonds. The van der Waals surface area contributed by atoms with Crippen LogP contribution < -0.4 is 10.5 Å². The molecule has 0 radical (unpaired) electrons. The molecule has 0 aliphatic heterocycles. The lowest BCUT2D eigenvalue weighted by Crippen LogP contribution is -1.99. The fourth-order valence-electron chi connectivity index (χ4n) is 2.31. The molecule has 0 saturated heterocycles. The summed E-state index contributed by atoms with van der Waals surface area (Å²) in [7, 11) is 1.66. The number of aryl methyl sites for hydroxylation is 1. The summed E-state index contributed by atoms with van der Waals surface area (Å²) in [4.78, 5) is 4.57. The predicted molar refractivity (Wildman–Crippen MR) is 84.5 cm³/mol. The van der Waals surface area contributed by atoms with E-state index in [1.54, 1.807) is 7.11 Å². The Bertz CT molecular complexity index is 795. The van der Waals surface area contributed by atoms with Crippen LogP contribution in [0.5, 0.6) is 5.75 Å². The molecule has 3 aromatic rings. The summed E-state index contributed by atoms with van der Waals surface area (Å²) in [5.74, 6) is 1.71. The van der Waals surface area contributed by atoms with E-state index in [0.29, 0.717) is 5.69 Å². The highest BCUT2D eigenvalue weighted by atomic mass is 79.9. The molecule has 1 aromatic heterocycles. The average molecular weight is 332 g/mol. The highest BCUT2D eigenvalue weighted by molar-refractivity contribution is 9.10. The van der Waals surface area contributed by atoms with Gasteiger partial charge >= 0.3 is 0 Å². The first-order valence-corrected chi connectivity index (χ1v) is 6.98. The number of benzene rings is 2. The van der Waals surface area contributed by atoms with Gasteiger partial charge in [-0.2, -0.15) is 0 Å². The normalized spacial score (nSPS) is 10.9.